The summed E-state index contributed by atoms with van der Waals surface area (Å²) in [5, 5.41) is 4.24. The first-order valence-electron chi connectivity index (χ1n) is 6.21. The van der Waals surface area contributed by atoms with E-state index in [4.69, 9.17) is 4.74 Å². The number of aromatic nitrogens is 1. The second kappa shape index (κ2) is 8.50. The van der Waals surface area contributed by atoms with Crippen molar-refractivity contribution in [2.45, 2.75) is 39.7 Å². The molecule has 1 aromatic heterocycles. The Morgan fingerprint density at radius 1 is 1.39 bits per heavy atom. The van der Waals surface area contributed by atoms with Crippen LogP contribution in [0.5, 0.6) is 0 Å². The summed E-state index contributed by atoms with van der Waals surface area (Å²) in [7, 11) is 0. The molecule has 104 valence electrons. The molecule has 18 heavy (non-hydrogen) atoms. The summed E-state index contributed by atoms with van der Waals surface area (Å²) in [6, 6.07) is 0. The lowest BCUT2D eigenvalue weighted by atomic mass is 10.3. The highest BCUT2D eigenvalue weighted by molar-refractivity contribution is 7.11. The fourth-order valence-electron chi connectivity index (χ4n) is 1.53. The molecule has 0 aliphatic carbocycles. The van der Waals surface area contributed by atoms with Crippen LogP contribution in [-0.2, 0) is 24.1 Å². The Hall–Kier alpha value is -0.590. The van der Waals surface area contributed by atoms with Crippen LogP contribution in [0.3, 0.4) is 0 Å². The van der Waals surface area contributed by atoms with E-state index in [0.717, 1.165) is 30.2 Å². The molecule has 1 aromatic rings. The van der Waals surface area contributed by atoms with Gasteiger partial charge in [0.1, 0.15) is 6.61 Å². The predicted molar refractivity (Wildman–Crippen MR) is 69.4 cm³/mol. The number of halogens is 2. The lowest BCUT2D eigenvalue weighted by Crippen LogP contribution is -2.11. The van der Waals surface area contributed by atoms with Crippen LogP contribution in [0.15, 0.2) is 0 Å². The highest BCUT2D eigenvalue weighted by Gasteiger charge is 2.09. The van der Waals surface area contributed by atoms with Gasteiger partial charge in [-0.2, -0.15) is 0 Å². The van der Waals surface area contributed by atoms with Crippen LogP contribution >= 0.6 is 11.3 Å². The highest BCUT2D eigenvalue weighted by Crippen LogP contribution is 2.19. The first kappa shape index (κ1) is 15.5. The fourth-order valence-corrected chi connectivity index (χ4v) is 2.64. The maximum absolute atomic E-state index is 11.9. The molecule has 0 spiro atoms. The van der Waals surface area contributed by atoms with Gasteiger partial charge in [-0.05, 0) is 13.0 Å². The number of hydrogen-bond acceptors (Lipinski definition) is 4. The topological polar surface area (TPSA) is 34.1 Å². The lowest BCUT2D eigenvalue weighted by molar-refractivity contribution is 0.0187. The van der Waals surface area contributed by atoms with Crippen LogP contribution in [0.25, 0.3) is 0 Å². The maximum Gasteiger partial charge on any atom is 0.261 e. The Bertz CT molecular complexity index is 345. The molecule has 1 heterocycles. The van der Waals surface area contributed by atoms with Gasteiger partial charge in [0.2, 0.25) is 0 Å². The minimum atomic E-state index is -2.39. The van der Waals surface area contributed by atoms with Crippen molar-refractivity contribution in [1.29, 1.82) is 0 Å². The Morgan fingerprint density at radius 3 is 2.78 bits per heavy atom. The predicted octanol–water partition coefficient (Wildman–Crippen LogP) is 2.64. The largest absolute Gasteiger partial charge is 0.375 e. The average Bonchev–Trinajstić information content (AvgIpc) is 2.74. The van der Waals surface area contributed by atoms with Gasteiger partial charge < -0.3 is 10.1 Å². The van der Waals surface area contributed by atoms with Gasteiger partial charge in [-0.15, -0.1) is 11.3 Å². The quantitative estimate of drug-likeness (QED) is 0.705. The summed E-state index contributed by atoms with van der Waals surface area (Å²) >= 11 is 1.64. The molecule has 0 aliphatic rings. The average molecular weight is 278 g/mol. The number of nitrogens with zero attached hydrogens (tertiary/aromatic N) is 1. The zero-order chi connectivity index (χ0) is 13.4. The summed E-state index contributed by atoms with van der Waals surface area (Å²) < 4.78 is 28.6. The van der Waals surface area contributed by atoms with Crippen molar-refractivity contribution >= 4 is 11.3 Å². The molecule has 0 atom stereocenters. The number of rotatable bonds is 9. The molecule has 6 heteroatoms. The number of aryl methyl sites for hydroxylation is 1. The molecule has 1 N–H and O–H groups in total. The third-order valence-corrected chi connectivity index (χ3v) is 3.55. The lowest BCUT2D eigenvalue weighted by Gasteiger charge is -2.00. The highest BCUT2D eigenvalue weighted by atomic mass is 32.1. The van der Waals surface area contributed by atoms with Crippen LogP contribution in [0.2, 0.25) is 0 Å². The molecule has 0 saturated carbocycles. The van der Waals surface area contributed by atoms with Gasteiger partial charge in [0.15, 0.2) is 0 Å². The summed E-state index contributed by atoms with van der Waals surface area (Å²) in [5.74, 6) is 0. The Kier molecular flexibility index (Phi) is 7.31. The van der Waals surface area contributed by atoms with E-state index in [-0.39, 0.29) is 0 Å². The Labute approximate surface area is 111 Å². The van der Waals surface area contributed by atoms with Gasteiger partial charge in [0.25, 0.3) is 6.43 Å². The van der Waals surface area contributed by atoms with Crippen LogP contribution in [0.1, 0.15) is 29.4 Å². The van der Waals surface area contributed by atoms with Crippen molar-refractivity contribution in [3.05, 3.63) is 15.6 Å². The summed E-state index contributed by atoms with van der Waals surface area (Å²) in [4.78, 5) is 5.75. The molecule has 0 saturated heterocycles. The molecule has 0 amide bonds. The number of thiazole rings is 1. The SMILES string of the molecule is CCNCc1sc(CCOCC(F)F)nc1CC. The molecule has 1 rings (SSSR count). The zero-order valence-corrected chi connectivity index (χ0v) is 11.7. The van der Waals surface area contributed by atoms with Gasteiger partial charge >= 0.3 is 0 Å². The van der Waals surface area contributed by atoms with Gasteiger partial charge in [0.05, 0.1) is 17.3 Å². The smallest absolute Gasteiger partial charge is 0.261 e. The van der Waals surface area contributed by atoms with Crippen molar-refractivity contribution in [2.24, 2.45) is 0 Å². The van der Waals surface area contributed by atoms with Gasteiger partial charge in [-0.1, -0.05) is 13.8 Å². The van der Waals surface area contributed by atoms with E-state index in [1.165, 1.54) is 4.88 Å². The minimum Gasteiger partial charge on any atom is -0.375 e. The Balaban J connectivity index is 2.43. The van der Waals surface area contributed by atoms with E-state index in [1.54, 1.807) is 11.3 Å². The molecule has 0 radical (unpaired) electrons. The van der Waals surface area contributed by atoms with Crippen molar-refractivity contribution in [1.82, 2.24) is 10.3 Å². The minimum absolute atomic E-state index is 0.307. The third-order valence-electron chi connectivity index (χ3n) is 2.40. The number of nitrogens with one attached hydrogen (secondary N) is 1. The van der Waals surface area contributed by atoms with Crippen LogP contribution in [-0.4, -0.2) is 31.2 Å². The molecule has 3 nitrogen and oxygen atoms in total. The monoisotopic (exact) mass is 278 g/mol. The van der Waals surface area contributed by atoms with E-state index in [1.807, 2.05) is 0 Å². The zero-order valence-electron chi connectivity index (χ0n) is 10.8. The normalized spacial score (nSPS) is 11.4. The van der Waals surface area contributed by atoms with Crippen LogP contribution in [0.4, 0.5) is 8.78 Å². The molecule has 0 fully saturated rings. The van der Waals surface area contributed by atoms with Crippen molar-refractivity contribution in [3.63, 3.8) is 0 Å². The summed E-state index contributed by atoms with van der Waals surface area (Å²) in [6.45, 7) is 5.70. The summed E-state index contributed by atoms with van der Waals surface area (Å²) in [6.07, 6.45) is -0.886. The number of alkyl halides is 2. The second-order valence-electron chi connectivity index (χ2n) is 3.83. The molecule has 0 aliphatic heterocycles. The standard InChI is InChI=1S/C12H20F2N2OS/c1-3-9-10(7-15-4-2)18-12(16-9)5-6-17-8-11(13)14/h11,15H,3-8H2,1-2H3. The first-order valence-corrected chi connectivity index (χ1v) is 7.03. The fraction of sp³-hybridized carbons (Fsp3) is 0.750. The molecule has 0 unspecified atom stereocenters. The molecule has 0 aromatic carbocycles. The van der Waals surface area contributed by atoms with E-state index in [9.17, 15) is 8.78 Å². The first-order chi connectivity index (χ1) is 8.67. The number of hydrogen-bond donors (Lipinski definition) is 1. The van der Waals surface area contributed by atoms with Gasteiger partial charge in [-0.3, -0.25) is 0 Å². The van der Waals surface area contributed by atoms with Crippen molar-refractivity contribution in [2.75, 3.05) is 19.8 Å². The van der Waals surface area contributed by atoms with Crippen molar-refractivity contribution in [3.8, 4) is 0 Å². The second-order valence-corrected chi connectivity index (χ2v) is 5.00. The van der Waals surface area contributed by atoms with E-state index in [2.05, 4.69) is 24.1 Å². The molecular formula is C12H20F2N2OS. The van der Waals surface area contributed by atoms with Crippen LogP contribution in [0, 0.1) is 0 Å². The summed E-state index contributed by atoms with van der Waals surface area (Å²) in [5.41, 5.74) is 1.10. The Morgan fingerprint density at radius 2 is 2.17 bits per heavy atom. The third kappa shape index (κ3) is 5.37. The molecular weight excluding hydrogens is 258 g/mol. The van der Waals surface area contributed by atoms with Crippen molar-refractivity contribution < 1.29 is 13.5 Å². The van der Waals surface area contributed by atoms with Gasteiger partial charge in [-0.25, -0.2) is 13.8 Å². The number of ether oxygens (including phenoxy) is 1. The van der Waals surface area contributed by atoms with E-state index >= 15 is 0 Å². The van der Waals surface area contributed by atoms with E-state index < -0.39 is 13.0 Å². The molecule has 0 bridgehead atoms. The van der Waals surface area contributed by atoms with Gasteiger partial charge in [0, 0.05) is 17.8 Å². The maximum atomic E-state index is 11.9. The van der Waals surface area contributed by atoms with Crippen LogP contribution < -0.4 is 5.32 Å². The van der Waals surface area contributed by atoms with E-state index in [0.29, 0.717) is 13.0 Å².